The van der Waals surface area contributed by atoms with Crippen molar-refractivity contribution >= 4 is 11.6 Å². The van der Waals surface area contributed by atoms with E-state index in [1.54, 1.807) is 0 Å². The Labute approximate surface area is 108 Å². The highest BCUT2D eigenvalue weighted by Gasteiger charge is 2.36. The van der Waals surface area contributed by atoms with Gasteiger partial charge in [-0.2, -0.15) is 0 Å². The molecule has 0 saturated heterocycles. The fourth-order valence-corrected chi connectivity index (χ4v) is 2.74. The van der Waals surface area contributed by atoms with Gasteiger partial charge in [-0.1, -0.05) is 12.1 Å². The number of rotatable bonds is 3. The number of anilines is 1. The van der Waals surface area contributed by atoms with E-state index in [1.807, 2.05) is 0 Å². The molecule has 1 amide bonds. The van der Waals surface area contributed by atoms with Crippen LogP contribution in [0, 0.1) is 19.8 Å². The largest absolute Gasteiger partial charge is 0.324 e. The van der Waals surface area contributed by atoms with Crippen LogP contribution in [0.4, 0.5) is 5.69 Å². The van der Waals surface area contributed by atoms with Crippen molar-refractivity contribution in [3.63, 3.8) is 0 Å². The highest BCUT2D eigenvalue weighted by Crippen LogP contribution is 2.38. The van der Waals surface area contributed by atoms with E-state index in [4.69, 9.17) is 0 Å². The van der Waals surface area contributed by atoms with Crippen LogP contribution in [-0.4, -0.2) is 11.9 Å². The predicted molar refractivity (Wildman–Crippen MR) is 72.6 cm³/mol. The summed E-state index contributed by atoms with van der Waals surface area (Å²) in [6, 6.07) is 4.43. The van der Waals surface area contributed by atoms with E-state index in [0.29, 0.717) is 6.04 Å². The molecule has 2 unspecified atom stereocenters. The first-order valence-corrected chi connectivity index (χ1v) is 6.75. The molecule has 1 aliphatic carbocycles. The van der Waals surface area contributed by atoms with Crippen molar-refractivity contribution < 1.29 is 4.79 Å². The minimum Gasteiger partial charge on any atom is -0.324 e. The van der Waals surface area contributed by atoms with Crippen LogP contribution in [0.3, 0.4) is 0 Å². The molecule has 3 rings (SSSR count). The van der Waals surface area contributed by atoms with Crippen LogP contribution in [0.5, 0.6) is 0 Å². The number of benzene rings is 1. The lowest BCUT2D eigenvalue weighted by molar-refractivity contribution is -0.117. The van der Waals surface area contributed by atoms with Crippen molar-refractivity contribution in [1.29, 1.82) is 0 Å². The lowest BCUT2D eigenvalue weighted by Gasteiger charge is -2.18. The standard InChI is InChI=1S/C15H20N2O/c1-8-4-7-12-13(9(8)2)17-15(18)14(12)16-10(3)11-5-6-11/h4,7,10-11,14,16H,5-6H2,1-3H3,(H,17,18). The lowest BCUT2D eigenvalue weighted by Crippen LogP contribution is -2.35. The predicted octanol–water partition coefficient (Wildman–Crippen LogP) is 2.68. The molecular weight excluding hydrogens is 224 g/mol. The highest BCUT2D eigenvalue weighted by molar-refractivity contribution is 6.03. The molecule has 1 heterocycles. The van der Waals surface area contributed by atoms with Gasteiger partial charge in [0.05, 0.1) is 0 Å². The molecule has 3 heteroatoms. The molecule has 0 radical (unpaired) electrons. The fourth-order valence-electron chi connectivity index (χ4n) is 2.74. The van der Waals surface area contributed by atoms with Crippen molar-refractivity contribution in [2.24, 2.45) is 5.92 Å². The third kappa shape index (κ3) is 1.83. The van der Waals surface area contributed by atoms with Gasteiger partial charge in [0.25, 0.3) is 0 Å². The van der Waals surface area contributed by atoms with Gasteiger partial charge >= 0.3 is 0 Å². The van der Waals surface area contributed by atoms with Crippen LogP contribution in [0.2, 0.25) is 0 Å². The van der Waals surface area contributed by atoms with Gasteiger partial charge in [0.15, 0.2) is 0 Å². The van der Waals surface area contributed by atoms with Crippen LogP contribution in [-0.2, 0) is 4.79 Å². The van der Waals surface area contributed by atoms with Crippen LogP contribution in [0.15, 0.2) is 12.1 Å². The Balaban J connectivity index is 1.89. The van der Waals surface area contributed by atoms with Crippen LogP contribution in [0.25, 0.3) is 0 Å². The third-order valence-electron chi connectivity index (χ3n) is 4.35. The first-order chi connectivity index (χ1) is 8.58. The van der Waals surface area contributed by atoms with Crippen molar-refractivity contribution in [2.45, 2.75) is 45.7 Å². The average Bonchev–Trinajstić information content (AvgIpc) is 3.13. The molecule has 1 fully saturated rings. The molecule has 0 aromatic heterocycles. The van der Waals surface area contributed by atoms with Gasteiger partial charge in [-0.05, 0) is 50.7 Å². The van der Waals surface area contributed by atoms with Crippen molar-refractivity contribution in [2.75, 3.05) is 5.32 Å². The molecule has 1 aliphatic heterocycles. The summed E-state index contributed by atoms with van der Waals surface area (Å²) in [5, 5.41) is 6.50. The Kier molecular flexibility index (Phi) is 2.67. The Morgan fingerprint density at radius 2 is 2.06 bits per heavy atom. The van der Waals surface area contributed by atoms with E-state index in [-0.39, 0.29) is 11.9 Å². The van der Waals surface area contributed by atoms with Crippen LogP contribution >= 0.6 is 0 Å². The summed E-state index contributed by atoms with van der Waals surface area (Å²) in [7, 11) is 0. The Hall–Kier alpha value is -1.35. The maximum Gasteiger partial charge on any atom is 0.246 e. The van der Waals surface area contributed by atoms with E-state index in [2.05, 4.69) is 43.5 Å². The molecule has 1 saturated carbocycles. The van der Waals surface area contributed by atoms with Gasteiger partial charge < -0.3 is 5.32 Å². The number of fused-ring (bicyclic) bond motifs is 1. The number of nitrogens with one attached hydrogen (secondary N) is 2. The molecule has 0 spiro atoms. The summed E-state index contributed by atoms with van der Waals surface area (Å²) in [6.07, 6.45) is 2.59. The van der Waals surface area contributed by atoms with E-state index >= 15 is 0 Å². The summed E-state index contributed by atoms with van der Waals surface area (Å²) in [4.78, 5) is 12.1. The number of aryl methyl sites for hydroxylation is 1. The molecule has 18 heavy (non-hydrogen) atoms. The molecule has 0 bridgehead atoms. The molecule has 2 atom stereocenters. The Morgan fingerprint density at radius 3 is 2.72 bits per heavy atom. The summed E-state index contributed by atoms with van der Waals surface area (Å²) >= 11 is 0. The lowest BCUT2D eigenvalue weighted by atomic mass is 10.0. The zero-order chi connectivity index (χ0) is 12.9. The van der Waals surface area contributed by atoms with Crippen LogP contribution < -0.4 is 10.6 Å². The van der Waals surface area contributed by atoms with E-state index < -0.39 is 0 Å². The van der Waals surface area contributed by atoms with Gasteiger partial charge in [-0.15, -0.1) is 0 Å². The van der Waals surface area contributed by atoms with E-state index in [9.17, 15) is 4.79 Å². The molecule has 96 valence electrons. The van der Waals surface area contributed by atoms with Crippen LogP contribution in [0.1, 0.15) is 42.5 Å². The minimum atomic E-state index is -0.171. The van der Waals surface area contributed by atoms with Crippen molar-refractivity contribution in [1.82, 2.24) is 5.32 Å². The number of amides is 1. The van der Waals surface area contributed by atoms with Crippen molar-refractivity contribution in [3.05, 3.63) is 28.8 Å². The SMILES string of the molecule is Cc1ccc2c(c1C)NC(=O)C2NC(C)C1CC1. The molecular formula is C15H20N2O. The first-order valence-electron chi connectivity index (χ1n) is 6.75. The fraction of sp³-hybridized carbons (Fsp3) is 0.533. The third-order valence-corrected chi connectivity index (χ3v) is 4.35. The number of carbonyl (C=O) groups is 1. The van der Waals surface area contributed by atoms with E-state index in [1.165, 1.54) is 24.0 Å². The number of hydrogen-bond donors (Lipinski definition) is 2. The Bertz CT molecular complexity index is 505. The molecule has 1 aromatic carbocycles. The number of hydrogen-bond acceptors (Lipinski definition) is 2. The molecule has 2 N–H and O–H groups in total. The number of carbonyl (C=O) groups excluding carboxylic acids is 1. The normalized spacial score (nSPS) is 23.7. The summed E-state index contributed by atoms with van der Waals surface area (Å²) in [6.45, 7) is 6.33. The average molecular weight is 244 g/mol. The van der Waals surface area contributed by atoms with Gasteiger partial charge in [0.2, 0.25) is 5.91 Å². The maximum atomic E-state index is 12.1. The minimum absolute atomic E-state index is 0.0891. The smallest absolute Gasteiger partial charge is 0.246 e. The Morgan fingerprint density at radius 1 is 1.33 bits per heavy atom. The summed E-state index contributed by atoms with van der Waals surface area (Å²) in [5.74, 6) is 0.847. The maximum absolute atomic E-state index is 12.1. The van der Waals surface area contributed by atoms with Gasteiger partial charge in [-0.3, -0.25) is 10.1 Å². The van der Waals surface area contributed by atoms with E-state index in [0.717, 1.165) is 17.2 Å². The molecule has 2 aliphatic rings. The monoisotopic (exact) mass is 244 g/mol. The van der Waals surface area contributed by atoms with Crippen molar-refractivity contribution in [3.8, 4) is 0 Å². The second kappa shape index (κ2) is 4.09. The molecule has 3 nitrogen and oxygen atoms in total. The second-order valence-corrected chi connectivity index (χ2v) is 5.69. The van der Waals surface area contributed by atoms with Gasteiger partial charge in [0.1, 0.15) is 6.04 Å². The van der Waals surface area contributed by atoms with Gasteiger partial charge in [-0.25, -0.2) is 0 Å². The summed E-state index contributed by atoms with van der Waals surface area (Å²) in [5.41, 5.74) is 4.53. The van der Waals surface area contributed by atoms with Gasteiger partial charge in [0, 0.05) is 17.3 Å². The first kappa shape index (κ1) is 11.7. The second-order valence-electron chi connectivity index (χ2n) is 5.69. The quantitative estimate of drug-likeness (QED) is 0.858. The highest BCUT2D eigenvalue weighted by atomic mass is 16.2. The zero-order valence-corrected chi connectivity index (χ0v) is 11.2. The summed E-state index contributed by atoms with van der Waals surface area (Å²) < 4.78 is 0. The molecule has 1 aromatic rings. The topological polar surface area (TPSA) is 41.1 Å². The zero-order valence-electron chi connectivity index (χ0n) is 11.2.